The van der Waals surface area contributed by atoms with Crippen molar-refractivity contribution in [3.05, 3.63) is 53.6 Å². The molecule has 0 saturated heterocycles. The van der Waals surface area contributed by atoms with Crippen LogP contribution in [0, 0.1) is 5.92 Å². The number of rotatable bonds is 20. The Morgan fingerprint density at radius 3 is 1.93 bits per heavy atom. The Bertz CT molecular complexity index is 1070. The first-order chi connectivity index (χ1) is 21.0. The van der Waals surface area contributed by atoms with Crippen LogP contribution in [0.15, 0.2) is 42.5 Å². The Labute approximate surface area is 262 Å². The van der Waals surface area contributed by atoms with Crippen LogP contribution in [0.5, 0.6) is 0 Å². The maximum Gasteiger partial charge on any atom is 0.305 e. The van der Waals surface area contributed by atoms with Crippen LogP contribution in [-0.4, -0.2) is 19.0 Å². The number of methoxy groups -OCH3 is 1. The summed E-state index contributed by atoms with van der Waals surface area (Å²) in [7, 11) is 1.45. The predicted molar refractivity (Wildman–Crippen MR) is 182 cm³/mol. The molecule has 1 fully saturated rings. The first-order valence-corrected chi connectivity index (χ1v) is 17.6. The number of unbranched alkanes of at least 4 members (excludes halogenated alkanes) is 10. The molecule has 0 spiro atoms. The summed E-state index contributed by atoms with van der Waals surface area (Å²) in [5, 5.41) is 3.23. The zero-order chi connectivity index (χ0) is 30.7. The maximum absolute atomic E-state index is 12.8. The van der Waals surface area contributed by atoms with Gasteiger partial charge in [-0.05, 0) is 85.1 Å². The van der Waals surface area contributed by atoms with E-state index in [-0.39, 0.29) is 11.9 Å². The molecule has 1 aliphatic rings. The third kappa shape index (κ3) is 12.9. The molecule has 2 aromatic carbocycles. The summed E-state index contributed by atoms with van der Waals surface area (Å²) < 4.78 is 4.68. The fourth-order valence-corrected chi connectivity index (χ4v) is 6.70. The second-order valence-corrected chi connectivity index (χ2v) is 12.9. The summed E-state index contributed by atoms with van der Waals surface area (Å²) >= 11 is 0. The highest BCUT2D eigenvalue weighted by atomic mass is 16.5. The quantitative estimate of drug-likeness (QED) is 0.123. The molecule has 238 valence electrons. The van der Waals surface area contributed by atoms with Gasteiger partial charge in [-0.25, -0.2) is 0 Å². The van der Waals surface area contributed by atoms with E-state index in [1.54, 1.807) is 0 Å². The smallest absolute Gasteiger partial charge is 0.305 e. The van der Waals surface area contributed by atoms with Crippen molar-refractivity contribution in [2.75, 3.05) is 12.4 Å². The average Bonchev–Trinajstić information content (AvgIpc) is 3.04. The van der Waals surface area contributed by atoms with Crippen LogP contribution >= 0.6 is 0 Å². The standard InChI is InChI=1S/C39H59NO3/c1-4-6-14-17-31-20-22-33(23-21-31)34-25-27-35(28-26-34)36-29-24-32(5-2)37(30-36)40-38(41)18-15-12-10-8-7-9-11-13-16-19-39(42)43-3/h24-31,33H,4-23H2,1-3H3,(H,40,41). The summed E-state index contributed by atoms with van der Waals surface area (Å²) in [5.41, 5.74) is 6.03. The van der Waals surface area contributed by atoms with Crippen LogP contribution in [-0.2, 0) is 20.7 Å². The number of nitrogens with one attached hydrogen (secondary N) is 1. The van der Waals surface area contributed by atoms with E-state index in [2.05, 4.69) is 66.4 Å². The highest BCUT2D eigenvalue weighted by molar-refractivity contribution is 5.92. The van der Waals surface area contributed by atoms with Gasteiger partial charge in [0.05, 0.1) is 7.11 Å². The molecule has 4 heteroatoms. The molecule has 1 N–H and O–H groups in total. The maximum atomic E-state index is 12.8. The molecular weight excluding hydrogens is 530 g/mol. The lowest BCUT2D eigenvalue weighted by molar-refractivity contribution is -0.140. The monoisotopic (exact) mass is 589 g/mol. The summed E-state index contributed by atoms with van der Waals surface area (Å²) in [6, 6.07) is 15.8. The van der Waals surface area contributed by atoms with Crippen LogP contribution in [0.4, 0.5) is 5.69 Å². The number of hydrogen-bond donors (Lipinski definition) is 1. The average molecular weight is 590 g/mol. The van der Waals surface area contributed by atoms with Gasteiger partial charge < -0.3 is 10.1 Å². The van der Waals surface area contributed by atoms with Gasteiger partial charge in [0.1, 0.15) is 0 Å². The predicted octanol–water partition coefficient (Wildman–Crippen LogP) is 11.2. The minimum absolute atomic E-state index is 0.104. The number of benzene rings is 2. The van der Waals surface area contributed by atoms with Crippen molar-refractivity contribution < 1.29 is 14.3 Å². The van der Waals surface area contributed by atoms with Gasteiger partial charge in [-0.15, -0.1) is 0 Å². The van der Waals surface area contributed by atoms with E-state index >= 15 is 0 Å². The highest BCUT2D eigenvalue weighted by Crippen LogP contribution is 2.38. The normalized spacial score (nSPS) is 16.6. The Kier molecular flexibility index (Phi) is 16.5. The van der Waals surface area contributed by atoms with Crippen molar-refractivity contribution in [2.45, 2.75) is 148 Å². The number of anilines is 1. The summed E-state index contributed by atoms with van der Waals surface area (Å²) in [6.45, 7) is 4.44. The first kappa shape index (κ1) is 34.9. The number of esters is 1. The van der Waals surface area contributed by atoms with E-state index in [4.69, 9.17) is 0 Å². The zero-order valence-electron chi connectivity index (χ0n) is 27.6. The van der Waals surface area contributed by atoms with Crippen molar-refractivity contribution in [3.63, 3.8) is 0 Å². The van der Waals surface area contributed by atoms with Crippen LogP contribution in [0.25, 0.3) is 11.1 Å². The molecule has 0 radical (unpaired) electrons. The number of hydrogen-bond acceptors (Lipinski definition) is 3. The second-order valence-electron chi connectivity index (χ2n) is 12.9. The van der Waals surface area contributed by atoms with Crippen molar-refractivity contribution in [1.29, 1.82) is 0 Å². The molecule has 1 aliphatic carbocycles. The van der Waals surface area contributed by atoms with Gasteiger partial charge >= 0.3 is 5.97 Å². The van der Waals surface area contributed by atoms with Gasteiger partial charge in [0.25, 0.3) is 0 Å². The Hall–Kier alpha value is -2.62. The molecule has 1 saturated carbocycles. The summed E-state index contributed by atoms with van der Waals surface area (Å²) in [4.78, 5) is 23.9. The van der Waals surface area contributed by atoms with E-state index in [0.717, 1.165) is 43.7 Å². The molecule has 0 aliphatic heterocycles. The largest absolute Gasteiger partial charge is 0.469 e. The van der Waals surface area contributed by atoms with Crippen LogP contribution in [0.2, 0.25) is 0 Å². The van der Waals surface area contributed by atoms with Crippen LogP contribution in [0.1, 0.15) is 153 Å². The molecule has 2 aromatic rings. The molecule has 0 bridgehead atoms. The van der Waals surface area contributed by atoms with Crippen molar-refractivity contribution in [2.24, 2.45) is 5.92 Å². The lowest BCUT2D eigenvalue weighted by Crippen LogP contribution is -2.13. The lowest BCUT2D eigenvalue weighted by atomic mass is 9.77. The Morgan fingerprint density at radius 1 is 0.721 bits per heavy atom. The van der Waals surface area contributed by atoms with Gasteiger partial charge in [0.2, 0.25) is 5.91 Å². The van der Waals surface area contributed by atoms with Gasteiger partial charge in [0.15, 0.2) is 0 Å². The molecule has 0 heterocycles. The lowest BCUT2D eigenvalue weighted by Gasteiger charge is -2.29. The van der Waals surface area contributed by atoms with Crippen LogP contribution in [0.3, 0.4) is 0 Å². The molecule has 0 unspecified atom stereocenters. The first-order valence-electron chi connectivity index (χ1n) is 17.6. The fourth-order valence-electron chi connectivity index (χ4n) is 6.70. The fraction of sp³-hybridized carbons (Fsp3) is 0.641. The molecule has 0 atom stereocenters. The van der Waals surface area contributed by atoms with E-state index in [1.165, 1.54) is 113 Å². The minimum Gasteiger partial charge on any atom is -0.469 e. The van der Waals surface area contributed by atoms with Crippen LogP contribution < -0.4 is 5.32 Å². The van der Waals surface area contributed by atoms with E-state index < -0.39 is 0 Å². The summed E-state index contributed by atoms with van der Waals surface area (Å²) in [6.07, 6.45) is 23.1. The summed E-state index contributed by atoms with van der Waals surface area (Å²) in [5.74, 6) is 1.67. The Balaban J connectivity index is 1.38. The minimum atomic E-state index is -0.104. The number of ether oxygens (including phenoxy) is 1. The van der Waals surface area contributed by atoms with E-state index in [9.17, 15) is 9.59 Å². The van der Waals surface area contributed by atoms with Crippen molar-refractivity contribution >= 4 is 17.6 Å². The van der Waals surface area contributed by atoms with Gasteiger partial charge in [-0.1, -0.05) is 121 Å². The van der Waals surface area contributed by atoms with Gasteiger partial charge in [-0.3, -0.25) is 9.59 Å². The zero-order valence-corrected chi connectivity index (χ0v) is 27.6. The number of carbonyl (C=O) groups excluding carboxylic acids is 2. The molecular formula is C39H59NO3. The number of amides is 1. The van der Waals surface area contributed by atoms with Gasteiger partial charge in [-0.2, -0.15) is 0 Å². The molecule has 0 aromatic heterocycles. The molecule has 1 amide bonds. The molecule has 4 nitrogen and oxygen atoms in total. The topological polar surface area (TPSA) is 55.4 Å². The second kappa shape index (κ2) is 20.4. The molecule has 43 heavy (non-hydrogen) atoms. The van der Waals surface area contributed by atoms with Crippen molar-refractivity contribution in [3.8, 4) is 11.1 Å². The van der Waals surface area contributed by atoms with Crippen molar-refractivity contribution in [1.82, 2.24) is 0 Å². The highest BCUT2D eigenvalue weighted by Gasteiger charge is 2.22. The number of carbonyl (C=O) groups is 2. The third-order valence-corrected chi connectivity index (χ3v) is 9.56. The third-order valence-electron chi connectivity index (χ3n) is 9.56. The van der Waals surface area contributed by atoms with E-state index in [0.29, 0.717) is 18.8 Å². The van der Waals surface area contributed by atoms with Gasteiger partial charge in [0, 0.05) is 18.5 Å². The van der Waals surface area contributed by atoms with E-state index in [1.807, 2.05) is 0 Å². The number of aryl methyl sites for hydroxylation is 1. The Morgan fingerprint density at radius 2 is 1.33 bits per heavy atom. The molecule has 3 rings (SSSR count). The SMILES string of the molecule is CCCCCC1CCC(c2ccc(-c3ccc(CC)c(NC(=O)CCCCCCCCCCCC(=O)OC)c3)cc2)CC1.